The molecule has 0 spiro atoms. The number of rotatable bonds is 8. The van der Waals surface area contributed by atoms with Crippen LogP contribution in [0.15, 0.2) is 24.3 Å². The first-order valence-corrected chi connectivity index (χ1v) is 6.82. The number of para-hydroxylation sites is 1. The number of unbranched alkanes of at least 4 members (excludes halogenated alkanes) is 1. The molecule has 1 aromatic rings. The van der Waals surface area contributed by atoms with Crippen molar-refractivity contribution in [3.63, 3.8) is 0 Å². The van der Waals surface area contributed by atoms with E-state index in [0.29, 0.717) is 12.3 Å². The molecule has 0 aliphatic rings. The number of aliphatic carboxylic acids is 1. The van der Waals surface area contributed by atoms with Gasteiger partial charge in [0.25, 0.3) is 0 Å². The zero-order valence-electron chi connectivity index (χ0n) is 11.9. The van der Waals surface area contributed by atoms with E-state index in [0.717, 1.165) is 12.8 Å². The van der Waals surface area contributed by atoms with E-state index in [1.54, 1.807) is 24.3 Å². The van der Waals surface area contributed by atoms with Crippen LogP contribution in [0.5, 0.6) is 0 Å². The van der Waals surface area contributed by atoms with Crippen molar-refractivity contribution in [2.24, 2.45) is 0 Å². The van der Waals surface area contributed by atoms with E-state index in [1.807, 2.05) is 6.92 Å². The number of hydrogen-bond acceptors (Lipinski definition) is 4. The summed E-state index contributed by atoms with van der Waals surface area (Å²) in [5.41, 5.74) is 0.590. The average Bonchev–Trinajstić information content (AvgIpc) is 2.46. The zero-order chi connectivity index (χ0) is 15.7. The molecule has 2 N–H and O–H groups in total. The van der Waals surface area contributed by atoms with Crippen LogP contribution in [0.2, 0.25) is 0 Å². The van der Waals surface area contributed by atoms with Crippen LogP contribution < -0.4 is 5.32 Å². The molecule has 0 bridgehead atoms. The fourth-order valence-electron chi connectivity index (χ4n) is 1.59. The van der Waals surface area contributed by atoms with Gasteiger partial charge in [-0.1, -0.05) is 25.5 Å². The molecular formula is C15H19NO5. The van der Waals surface area contributed by atoms with Crippen molar-refractivity contribution in [3.05, 3.63) is 29.8 Å². The second-order valence-corrected chi connectivity index (χ2v) is 4.48. The number of ether oxygens (including phenoxy) is 1. The summed E-state index contributed by atoms with van der Waals surface area (Å²) in [5.74, 6) is -2.00. The van der Waals surface area contributed by atoms with Crippen molar-refractivity contribution >= 4 is 23.5 Å². The van der Waals surface area contributed by atoms with Gasteiger partial charge in [-0.05, 0) is 18.6 Å². The first-order valence-electron chi connectivity index (χ1n) is 6.82. The summed E-state index contributed by atoms with van der Waals surface area (Å²) < 4.78 is 5.10. The third-order valence-electron chi connectivity index (χ3n) is 2.72. The van der Waals surface area contributed by atoms with Gasteiger partial charge < -0.3 is 15.2 Å². The molecule has 0 saturated carbocycles. The fourth-order valence-corrected chi connectivity index (χ4v) is 1.59. The second kappa shape index (κ2) is 8.73. The highest BCUT2D eigenvalue weighted by Gasteiger charge is 2.14. The number of hydrogen-bond donors (Lipinski definition) is 2. The molecule has 1 rings (SSSR count). The molecule has 0 aromatic heterocycles. The second-order valence-electron chi connectivity index (χ2n) is 4.48. The topological polar surface area (TPSA) is 92.7 Å². The van der Waals surface area contributed by atoms with Crippen LogP contribution in [0.3, 0.4) is 0 Å². The van der Waals surface area contributed by atoms with Crippen molar-refractivity contribution in [3.8, 4) is 0 Å². The van der Waals surface area contributed by atoms with E-state index in [1.165, 1.54) is 0 Å². The van der Waals surface area contributed by atoms with E-state index in [2.05, 4.69) is 5.32 Å². The number of carboxylic acids is 1. The number of carbonyl (C=O) groups is 3. The minimum atomic E-state index is -1.04. The van der Waals surface area contributed by atoms with Crippen molar-refractivity contribution in [2.75, 3.05) is 11.9 Å². The van der Waals surface area contributed by atoms with Crippen molar-refractivity contribution in [1.82, 2.24) is 0 Å². The van der Waals surface area contributed by atoms with Crippen LogP contribution in [0, 0.1) is 0 Å². The van der Waals surface area contributed by atoms with Crippen LogP contribution in [-0.4, -0.2) is 29.6 Å². The van der Waals surface area contributed by atoms with E-state index in [-0.39, 0.29) is 18.4 Å². The van der Waals surface area contributed by atoms with Gasteiger partial charge in [-0.15, -0.1) is 0 Å². The number of anilines is 1. The summed E-state index contributed by atoms with van der Waals surface area (Å²) in [4.78, 5) is 34.0. The first-order chi connectivity index (χ1) is 10.0. The van der Waals surface area contributed by atoms with Gasteiger partial charge in [-0.2, -0.15) is 0 Å². The molecule has 0 saturated heterocycles. The monoisotopic (exact) mass is 293 g/mol. The lowest BCUT2D eigenvalue weighted by molar-refractivity contribution is -0.138. The SMILES string of the molecule is CCCCOC(=O)c1ccccc1NC(=O)CCC(=O)O. The van der Waals surface area contributed by atoms with Gasteiger partial charge in [0, 0.05) is 6.42 Å². The Bertz CT molecular complexity index is 513. The Balaban J connectivity index is 2.68. The highest BCUT2D eigenvalue weighted by atomic mass is 16.5. The Kier molecular flexibility index (Phi) is 6.94. The molecule has 21 heavy (non-hydrogen) atoms. The zero-order valence-corrected chi connectivity index (χ0v) is 11.9. The van der Waals surface area contributed by atoms with E-state index in [9.17, 15) is 14.4 Å². The number of benzene rings is 1. The summed E-state index contributed by atoms with van der Waals surface area (Å²) in [6.07, 6.45) is 1.29. The molecule has 0 fully saturated rings. The summed E-state index contributed by atoms with van der Waals surface area (Å²) in [6.45, 7) is 2.32. The molecule has 0 aliphatic heterocycles. The lowest BCUT2D eigenvalue weighted by atomic mass is 10.1. The molecular weight excluding hydrogens is 274 g/mol. The molecule has 1 amide bonds. The van der Waals surface area contributed by atoms with Crippen molar-refractivity contribution in [2.45, 2.75) is 32.6 Å². The normalized spacial score (nSPS) is 9.95. The molecule has 1 aromatic carbocycles. The molecule has 0 aliphatic carbocycles. The molecule has 0 unspecified atom stereocenters. The highest BCUT2D eigenvalue weighted by Crippen LogP contribution is 2.17. The molecule has 0 heterocycles. The van der Waals surface area contributed by atoms with Gasteiger partial charge in [0.15, 0.2) is 0 Å². The number of amides is 1. The maximum Gasteiger partial charge on any atom is 0.340 e. The lowest BCUT2D eigenvalue weighted by Gasteiger charge is -2.10. The van der Waals surface area contributed by atoms with Crippen LogP contribution >= 0.6 is 0 Å². The van der Waals surface area contributed by atoms with Crippen LogP contribution in [0.25, 0.3) is 0 Å². The summed E-state index contributed by atoms with van der Waals surface area (Å²) >= 11 is 0. The van der Waals surface area contributed by atoms with Gasteiger partial charge in [0.1, 0.15) is 0 Å². The number of nitrogens with one attached hydrogen (secondary N) is 1. The number of carbonyl (C=O) groups excluding carboxylic acids is 2. The molecule has 6 nitrogen and oxygen atoms in total. The first kappa shape index (κ1) is 16.7. The van der Waals surface area contributed by atoms with Crippen LogP contribution in [-0.2, 0) is 14.3 Å². The van der Waals surface area contributed by atoms with E-state index < -0.39 is 17.8 Å². The molecule has 0 radical (unpaired) electrons. The number of esters is 1. The van der Waals surface area contributed by atoms with E-state index in [4.69, 9.17) is 9.84 Å². The third-order valence-corrected chi connectivity index (χ3v) is 2.72. The summed E-state index contributed by atoms with van der Waals surface area (Å²) in [5, 5.41) is 11.1. The summed E-state index contributed by atoms with van der Waals surface area (Å²) in [6, 6.07) is 6.48. The van der Waals surface area contributed by atoms with Gasteiger partial charge in [-0.25, -0.2) is 4.79 Å². The molecule has 114 valence electrons. The van der Waals surface area contributed by atoms with Crippen LogP contribution in [0.4, 0.5) is 5.69 Å². The Morgan fingerprint density at radius 2 is 1.90 bits per heavy atom. The standard InChI is InChI=1S/C15H19NO5/c1-2-3-10-21-15(20)11-6-4-5-7-12(11)16-13(17)8-9-14(18)19/h4-7H,2-3,8-10H2,1H3,(H,16,17)(H,18,19). The quantitative estimate of drug-likeness (QED) is 0.567. The highest BCUT2D eigenvalue weighted by molar-refractivity contribution is 6.01. The third kappa shape index (κ3) is 6.07. The average molecular weight is 293 g/mol. The Morgan fingerprint density at radius 3 is 2.57 bits per heavy atom. The minimum Gasteiger partial charge on any atom is -0.481 e. The lowest BCUT2D eigenvalue weighted by Crippen LogP contribution is -2.16. The Morgan fingerprint density at radius 1 is 1.19 bits per heavy atom. The molecule has 0 atom stereocenters. The number of carboxylic acid groups (broad SMARTS) is 1. The van der Waals surface area contributed by atoms with E-state index >= 15 is 0 Å². The maximum atomic E-state index is 11.9. The van der Waals surface area contributed by atoms with Crippen molar-refractivity contribution in [1.29, 1.82) is 0 Å². The smallest absolute Gasteiger partial charge is 0.340 e. The van der Waals surface area contributed by atoms with Gasteiger partial charge in [0.2, 0.25) is 5.91 Å². The fraction of sp³-hybridized carbons (Fsp3) is 0.400. The van der Waals surface area contributed by atoms with Crippen LogP contribution in [0.1, 0.15) is 43.0 Å². The molecule has 6 heteroatoms. The maximum absolute atomic E-state index is 11.9. The predicted octanol–water partition coefficient (Wildman–Crippen LogP) is 2.45. The largest absolute Gasteiger partial charge is 0.481 e. The van der Waals surface area contributed by atoms with Gasteiger partial charge >= 0.3 is 11.9 Å². The Labute approximate surface area is 123 Å². The van der Waals surface area contributed by atoms with Gasteiger partial charge in [0.05, 0.1) is 24.3 Å². The van der Waals surface area contributed by atoms with Gasteiger partial charge in [-0.3, -0.25) is 9.59 Å². The minimum absolute atomic E-state index is 0.144. The van der Waals surface area contributed by atoms with Crippen molar-refractivity contribution < 1.29 is 24.2 Å². The Hall–Kier alpha value is -2.37. The predicted molar refractivity (Wildman–Crippen MR) is 77.1 cm³/mol. The summed E-state index contributed by atoms with van der Waals surface area (Å²) in [7, 11) is 0.